The highest BCUT2D eigenvalue weighted by molar-refractivity contribution is 7.99. The van der Waals surface area contributed by atoms with Gasteiger partial charge in [0.25, 0.3) is 0 Å². The highest BCUT2D eigenvalue weighted by atomic mass is 32.2. The van der Waals surface area contributed by atoms with E-state index in [-0.39, 0.29) is 0 Å². The lowest BCUT2D eigenvalue weighted by molar-refractivity contribution is 0.423. The molecule has 0 bridgehead atoms. The average Bonchev–Trinajstić information content (AvgIpc) is 2.34. The monoisotopic (exact) mass is 186 g/mol. The van der Waals surface area contributed by atoms with Crippen LogP contribution in [-0.2, 0) is 0 Å². The summed E-state index contributed by atoms with van der Waals surface area (Å²) in [5.41, 5.74) is 6.59. The molecule has 2 N–H and O–H groups in total. The molecule has 0 radical (unpaired) electrons. The van der Waals surface area contributed by atoms with Crippen molar-refractivity contribution in [3.05, 3.63) is 5.69 Å². The lowest BCUT2D eigenvalue weighted by atomic mass is 10.1. The molecular formula is C8H14N2OS. The fourth-order valence-corrected chi connectivity index (χ4v) is 1.85. The minimum atomic E-state index is 0.375. The van der Waals surface area contributed by atoms with E-state index >= 15 is 0 Å². The van der Waals surface area contributed by atoms with Gasteiger partial charge in [-0.2, -0.15) is 0 Å². The van der Waals surface area contributed by atoms with E-state index in [1.807, 2.05) is 0 Å². The molecule has 0 aliphatic heterocycles. The van der Waals surface area contributed by atoms with Crippen LogP contribution in [0.3, 0.4) is 0 Å². The van der Waals surface area contributed by atoms with E-state index in [4.69, 9.17) is 10.3 Å². The fraction of sp³-hybridized carbons (Fsp3) is 0.625. The van der Waals surface area contributed by atoms with Gasteiger partial charge in [0.2, 0.25) is 5.88 Å². The SMILES string of the molecule is CCSc1c(C(C)C)noc1N. The van der Waals surface area contributed by atoms with Crippen molar-refractivity contribution < 1.29 is 4.52 Å². The van der Waals surface area contributed by atoms with E-state index in [0.29, 0.717) is 11.8 Å². The van der Waals surface area contributed by atoms with Gasteiger partial charge in [0, 0.05) is 5.92 Å². The molecule has 1 aromatic heterocycles. The van der Waals surface area contributed by atoms with E-state index in [2.05, 4.69) is 25.9 Å². The molecule has 0 spiro atoms. The first-order valence-corrected chi connectivity index (χ1v) is 5.03. The first-order chi connectivity index (χ1) is 5.66. The van der Waals surface area contributed by atoms with E-state index in [1.165, 1.54) is 0 Å². The van der Waals surface area contributed by atoms with Crippen LogP contribution in [0.25, 0.3) is 0 Å². The summed E-state index contributed by atoms with van der Waals surface area (Å²) in [7, 11) is 0. The molecule has 12 heavy (non-hydrogen) atoms. The Morgan fingerprint density at radius 2 is 2.25 bits per heavy atom. The zero-order valence-electron chi connectivity index (χ0n) is 7.63. The zero-order chi connectivity index (χ0) is 9.14. The predicted molar refractivity (Wildman–Crippen MR) is 51.4 cm³/mol. The Labute approximate surface area is 76.7 Å². The van der Waals surface area contributed by atoms with Gasteiger partial charge < -0.3 is 10.3 Å². The molecule has 0 fully saturated rings. The minimum Gasteiger partial charge on any atom is -0.367 e. The van der Waals surface area contributed by atoms with Crippen molar-refractivity contribution in [2.24, 2.45) is 0 Å². The van der Waals surface area contributed by atoms with Crippen molar-refractivity contribution >= 4 is 17.6 Å². The number of nitrogens with two attached hydrogens (primary N) is 1. The zero-order valence-corrected chi connectivity index (χ0v) is 8.44. The van der Waals surface area contributed by atoms with E-state index in [0.717, 1.165) is 16.3 Å². The van der Waals surface area contributed by atoms with Crippen molar-refractivity contribution in [2.75, 3.05) is 11.5 Å². The average molecular weight is 186 g/mol. The molecule has 0 aromatic carbocycles. The third kappa shape index (κ3) is 1.75. The molecule has 1 aromatic rings. The van der Waals surface area contributed by atoms with Crippen LogP contribution in [0.1, 0.15) is 32.4 Å². The van der Waals surface area contributed by atoms with E-state index in [1.54, 1.807) is 11.8 Å². The lowest BCUT2D eigenvalue weighted by Crippen LogP contribution is -1.91. The molecule has 1 heterocycles. The van der Waals surface area contributed by atoms with Gasteiger partial charge in [-0.15, -0.1) is 11.8 Å². The highest BCUT2D eigenvalue weighted by Gasteiger charge is 2.15. The van der Waals surface area contributed by atoms with Gasteiger partial charge >= 0.3 is 0 Å². The van der Waals surface area contributed by atoms with Crippen molar-refractivity contribution in [3.8, 4) is 0 Å². The van der Waals surface area contributed by atoms with Gasteiger partial charge in [0.05, 0.1) is 4.90 Å². The Kier molecular flexibility index (Phi) is 3.03. The summed E-state index contributed by atoms with van der Waals surface area (Å²) in [6.07, 6.45) is 0. The summed E-state index contributed by atoms with van der Waals surface area (Å²) in [6, 6.07) is 0. The number of nitrogens with zero attached hydrogens (tertiary/aromatic N) is 1. The van der Waals surface area contributed by atoms with Crippen LogP contribution >= 0.6 is 11.8 Å². The Balaban J connectivity index is 2.95. The topological polar surface area (TPSA) is 52.0 Å². The molecule has 0 amide bonds. The largest absolute Gasteiger partial charge is 0.367 e. The molecule has 0 aliphatic rings. The maximum Gasteiger partial charge on any atom is 0.236 e. The Hall–Kier alpha value is -0.640. The van der Waals surface area contributed by atoms with Crippen LogP contribution in [0.2, 0.25) is 0 Å². The van der Waals surface area contributed by atoms with Crippen LogP contribution < -0.4 is 5.73 Å². The summed E-state index contributed by atoms with van der Waals surface area (Å²) in [6.45, 7) is 6.25. The molecule has 68 valence electrons. The number of hydrogen-bond acceptors (Lipinski definition) is 4. The second-order valence-electron chi connectivity index (χ2n) is 2.85. The quantitative estimate of drug-likeness (QED) is 0.737. The minimum absolute atomic E-state index is 0.375. The van der Waals surface area contributed by atoms with Crippen LogP contribution in [0.5, 0.6) is 0 Å². The third-order valence-corrected chi connectivity index (χ3v) is 2.52. The van der Waals surface area contributed by atoms with Gasteiger partial charge in [-0.3, -0.25) is 0 Å². The second-order valence-corrected chi connectivity index (χ2v) is 4.12. The fourth-order valence-electron chi connectivity index (χ4n) is 0.964. The number of hydrogen-bond donors (Lipinski definition) is 1. The smallest absolute Gasteiger partial charge is 0.236 e. The Morgan fingerprint density at radius 3 is 2.75 bits per heavy atom. The number of nitrogen functional groups attached to an aromatic ring is 1. The molecule has 0 aliphatic carbocycles. The van der Waals surface area contributed by atoms with Gasteiger partial charge in [0.15, 0.2) is 0 Å². The highest BCUT2D eigenvalue weighted by Crippen LogP contribution is 2.32. The molecule has 0 unspecified atom stereocenters. The van der Waals surface area contributed by atoms with Crippen molar-refractivity contribution in [2.45, 2.75) is 31.6 Å². The van der Waals surface area contributed by atoms with E-state index < -0.39 is 0 Å². The molecule has 0 saturated carbocycles. The lowest BCUT2D eigenvalue weighted by Gasteiger charge is -2.01. The Bertz CT molecular complexity index is 258. The standard InChI is InChI=1S/C8H14N2OS/c1-4-12-7-6(5(2)3)10-11-8(7)9/h5H,4,9H2,1-3H3. The van der Waals surface area contributed by atoms with Crippen molar-refractivity contribution in [1.29, 1.82) is 0 Å². The summed E-state index contributed by atoms with van der Waals surface area (Å²) in [5.74, 6) is 1.82. The molecule has 1 rings (SSSR count). The Morgan fingerprint density at radius 1 is 1.58 bits per heavy atom. The predicted octanol–water partition coefficient (Wildman–Crippen LogP) is 2.49. The van der Waals surface area contributed by atoms with E-state index in [9.17, 15) is 0 Å². The summed E-state index contributed by atoms with van der Waals surface area (Å²) >= 11 is 1.68. The first kappa shape index (κ1) is 9.45. The normalized spacial score (nSPS) is 11.0. The van der Waals surface area contributed by atoms with Gasteiger partial charge in [-0.05, 0) is 5.75 Å². The summed E-state index contributed by atoms with van der Waals surface area (Å²) < 4.78 is 4.92. The molecule has 3 nitrogen and oxygen atoms in total. The van der Waals surface area contributed by atoms with Gasteiger partial charge in [-0.25, -0.2) is 0 Å². The molecule has 4 heteroatoms. The summed E-state index contributed by atoms with van der Waals surface area (Å²) in [5, 5.41) is 3.91. The number of thioether (sulfide) groups is 1. The van der Waals surface area contributed by atoms with Crippen LogP contribution in [0, 0.1) is 0 Å². The van der Waals surface area contributed by atoms with Crippen LogP contribution in [-0.4, -0.2) is 10.9 Å². The number of anilines is 1. The van der Waals surface area contributed by atoms with Crippen LogP contribution in [0.15, 0.2) is 9.42 Å². The molecule has 0 saturated heterocycles. The third-order valence-electron chi connectivity index (χ3n) is 1.53. The van der Waals surface area contributed by atoms with Crippen molar-refractivity contribution in [1.82, 2.24) is 5.16 Å². The molecular weight excluding hydrogens is 172 g/mol. The van der Waals surface area contributed by atoms with Crippen molar-refractivity contribution in [3.63, 3.8) is 0 Å². The summed E-state index contributed by atoms with van der Waals surface area (Å²) in [4.78, 5) is 1.01. The van der Waals surface area contributed by atoms with Gasteiger partial charge in [0.1, 0.15) is 5.69 Å². The first-order valence-electron chi connectivity index (χ1n) is 4.04. The molecule has 0 atom stereocenters. The number of aromatic nitrogens is 1. The number of rotatable bonds is 3. The maximum absolute atomic E-state index is 5.62. The second kappa shape index (κ2) is 3.85. The maximum atomic E-state index is 5.62. The van der Waals surface area contributed by atoms with Crippen LogP contribution in [0.4, 0.5) is 5.88 Å². The van der Waals surface area contributed by atoms with Gasteiger partial charge in [-0.1, -0.05) is 25.9 Å².